The number of carbonyl (C=O) groups is 1. The Labute approximate surface area is 226 Å². The number of benzene rings is 1. The molecule has 0 radical (unpaired) electrons. The fourth-order valence-corrected chi connectivity index (χ4v) is 5.66. The second-order valence-corrected chi connectivity index (χ2v) is 10.2. The maximum atomic E-state index is 12.1. The first-order chi connectivity index (χ1) is 19.0. The van der Waals surface area contributed by atoms with E-state index in [4.69, 9.17) is 14.7 Å². The molecule has 0 unspecified atom stereocenters. The molecule has 1 amide bonds. The van der Waals surface area contributed by atoms with Crippen LogP contribution in [0.15, 0.2) is 55.4 Å². The van der Waals surface area contributed by atoms with Gasteiger partial charge in [0.2, 0.25) is 5.91 Å². The van der Waals surface area contributed by atoms with E-state index in [9.17, 15) is 10.1 Å². The fourth-order valence-electron chi connectivity index (χ4n) is 5.66. The van der Waals surface area contributed by atoms with Gasteiger partial charge in [-0.1, -0.05) is 18.7 Å². The van der Waals surface area contributed by atoms with Crippen molar-refractivity contribution in [2.24, 2.45) is 5.41 Å². The van der Waals surface area contributed by atoms with E-state index >= 15 is 0 Å². The number of ether oxygens (including phenoxy) is 1. The van der Waals surface area contributed by atoms with Crippen molar-refractivity contribution in [2.75, 3.05) is 37.7 Å². The van der Waals surface area contributed by atoms with Crippen molar-refractivity contribution in [3.8, 4) is 23.3 Å². The van der Waals surface area contributed by atoms with E-state index < -0.39 is 0 Å². The second-order valence-electron chi connectivity index (χ2n) is 10.2. The second kappa shape index (κ2) is 9.83. The molecule has 1 N–H and O–H groups in total. The average Bonchev–Trinajstić information content (AvgIpc) is 3.60. The zero-order chi connectivity index (χ0) is 27.0. The van der Waals surface area contributed by atoms with E-state index in [2.05, 4.69) is 32.7 Å². The molecule has 196 valence electrons. The van der Waals surface area contributed by atoms with E-state index in [1.165, 1.54) is 6.08 Å². The van der Waals surface area contributed by atoms with Crippen LogP contribution in [0.3, 0.4) is 0 Å². The first-order valence-electron chi connectivity index (χ1n) is 12.9. The molecule has 0 bridgehead atoms. The first kappa shape index (κ1) is 24.6. The zero-order valence-corrected chi connectivity index (χ0v) is 21.7. The summed E-state index contributed by atoms with van der Waals surface area (Å²) in [6, 6.07) is 12.3. The summed E-state index contributed by atoms with van der Waals surface area (Å²) in [6.45, 7) is 8.72. The van der Waals surface area contributed by atoms with Gasteiger partial charge in [0.15, 0.2) is 5.82 Å². The largest absolute Gasteiger partial charge is 0.463 e. The highest BCUT2D eigenvalue weighted by molar-refractivity contribution is 5.97. The molecule has 6 rings (SSSR count). The van der Waals surface area contributed by atoms with Gasteiger partial charge in [-0.3, -0.25) is 14.9 Å². The third-order valence-electron chi connectivity index (χ3n) is 7.64. The Kier molecular flexibility index (Phi) is 6.19. The van der Waals surface area contributed by atoms with Crippen molar-refractivity contribution in [1.29, 1.82) is 5.26 Å². The molecule has 5 heterocycles. The molecular weight excluding hydrogens is 492 g/mol. The molecule has 2 fully saturated rings. The first-order valence-corrected chi connectivity index (χ1v) is 12.9. The molecule has 0 aliphatic carbocycles. The molecule has 3 aromatic heterocycles. The maximum absolute atomic E-state index is 12.1. The molecule has 39 heavy (non-hydrogen) atoms. The number of pyridine rings is 1. The summed E-state index contributed by atoms with van der Waals surface area (Å²) in [5, 5.41) is 18.5. The van der Waals surface area contributed by atoms with Crippen LogP contribution in [0, 0.1) is 23.7 Å². The van der Waals surface area contributed by atoms with Crippen LogP contribution in [-0.2, 0) is 11.2 Å². The van der Waals surface area contributed by atoms with Crippen LogP contribution in [0.5, 0.6) is 6.01 Å². The van der Waals surface area contributed by atoms with Gasteiger partial charge in [0.05, 0.1) is 24.0 Å². The molecule has 2 saturated heterocycles. The molecule has 2 aliphatic heterocycles. The topological polar surface area (TPSA) is 124 Å². The van der Waals surface area contributed by atoms with E-state index in [0.717, 1.165) is 40.7 Å². The Hall–Kier alpha value is -4.78. The van der Waals surface area contributed by atoms with E-state index in [1.54, 1.807) is 12.4 Å². The van der Waals surface area contributed by atoms with Gasteiger partial charge < -0.3 is 14.5 Å². The zero-order valence-electron chi connectivity index (χ0n) is 21.7. The lowest BCUT2D eigenvalue weighted by Crippen LogP contribution is -2.59. The Balaban J connectivity index is 1.37. The minimum Gasteiger partial charge on any atom is -0.463 e. The number of hydrogen-bond acceptors (Lipinski definition) is 8. The number of hydrogen-bond donors (Lipinski definition) is 1. The van der Waals surface area contributed by atoms with Crippen LogP contribution >= 0.6 is 0 Å². The number of carbonyl (C=O) groups excluding carboxylic acids is 1. The number of nitriles is 1. The van der Waals surface area contributed by atoms with Crippen LogP contribution in [0.1, 0.15) is 23.2 Å². The summed E-state index contributed by atoms with van der Waals surface area (Å²) in [6.07, 6.45) is 6.38. The van der Waals surface area contributed by atoms with Gasteiger partial charge in [-0.15, -0.1) is 0 Å². The van der Waals surface area contributed by atoms with Gasteiger partial charge in [-0.05, 0) is 43.2 Å². The molecule has 4 aromatic rings. The molecule has 1 spiro atoms. The number of aromatic amines is 1. The summed E-state index contributed by atoms with van der Waals surface area (Å²) < 4.78 is 6.07. The van der Waals surface area contributed by atoms with Crippen LogP contribution in [0.4, 0.5) is 5.82 Å². The van der Waals surface area contributed by atoms with Gasteiger partial charge in [-0.2, -0.15) is 20.3 Å². The quantitative estimate of drug-likeness (QED) is 0.368. The van der Waals surface area contributed by atoms with E-state index in [-0.39, 0.29) is 17.3 Å². The summed E-state index contributed by atoms with van der Waals surface area (Å²) in [7, 11) is 0. The van der Waals surface area contributed by atoms with Crippen molar-refractivity contribution in [2.45, 2.75) is 19.8 Å². The Morgan fingerprint density at radius 2 is 2.13 bits per heavy atom. The lowest BCUT2D eigenvalue weighted by atomic mass is 9.79. The Morgan fingerprint density at radius 3 is 2.90 bits per heavy atom. The average molecular weight is 521 g/mol. The monoisotopic (exact) mass is 520 g/mol. The lowest BCUT2D eigenvalue weighted by Gasteiger charge is -2.47. The SMILES string of the molecule is C=CC(=O)N1CC2(CCN(c3nc(OCCc4ccccn4)nc(-c4c(C)ccc5[nH]ncc45)c3C#N)C2)C1. The molecule has 10 heteroatoms. The van der Waals surface area contributed by atoms with Gasteiger partial charge >= 0.3 is 6.01 Å². The van der Waals surface area contributed by atoms with Gasteiger partial charge in [-0.25, -0.2) is 0 Å². The standard InChI is InChI=1S/C29H28N8O2/c1-3-24(38)37-17-29(18-37)10-12-36(16-29)27-21(14-30)26(25-19(2)7-8-23-22(25)15-32-35-23)33-28(34-27)39-13-9-20-6-4-5-11-31-20/h3-8,11,15H,1,9-10,12-13,16-18H2,2H3,(H,32,35). The van der Waals surface area contributed by atoms with Crippen LogP contribution in [0.2, 0.25) is 0 Å². The molecule has 2 aliphatic rings. The number of amides is 1. The fraction of sp³-hybridized carbons (Fsp3) is 0.310. The summed E-state index contributed by atoms with van der Waals surface area (Å²) in [5.41, 5.74) is 4.49. The number of aryl methyl sites for hydroxylation is 1. The summed E-state index contributed by atoms with van der Waals surface area (Å²) in [4.78, 5) is 29.9. The van der Waals surface area contributed by atoms with Gasteiger partial charge in [0, 0.05) is 60.9 Å². The predicted octanol–water partition coefficient (Wildman–Crippen LogP) is 3.44. The maximum Gasteiger partial charge on any atom is 0.319 e. The third kappa shape index (κ3) is 4.46. The van der Waals surface area contributed by atoms with Crippen molar-refractivity contribution in [1.82, 2.24) is 30.0 Å². The van der Waals surface area contributed by atoms with Crippen LogP contribution in [-0.4, -0.2) is 68.7 Å². The number of anilines is 1. The summed E-state index contributed by atoms with van der Waals surface area (Å²) >= 11 is 0. The number of nitrogens with one attached hydrogen (secondary N) is 1. The minimum absolute atomic E-state index is 0.0169. The normalized spacial score (nSPS) is 15.8. The van der Waals surface area contributed by atoms with Crippen molar-refractivity contribution in [3.05, 3.63) is 72.2 Å². The number of nitrogens with zero attached hydrogens (tertiary/aromatic N) is 7. The molecule has 0 saturated carbocycles. The molecule has 0 atom stereocenters. The van der Waals surface area contributed by atoms with E-state index in [1.807, 2.05) is 42.2 Å². The van der Waals surface area contributed by atoms with E-state index in [0.29, 0.717) is 49.7 Å². The smallest absolute Gasteiger partial charge is 0.319 e. The number of H-pyrrole nitrogens is 1. The number of likely N-dealkylation sites (tertiary alicyclic amines) is 1. The number of rotatable bonds is 7. The highest BCUT2D eigenvalue weighted by Crippen LogP contribution is 2.43. The number of aromatic nitrogens is 5. The Morgan fingerprint density at radius 1 is 1.26 bits per heavy atom. The van der Waals surface area contributed by atoms with Crippen LogP contribution < -0.4 is 9.64 Å². The lowest BCUT2D eigenvalue weighted by molar-refractivity contribution is -0.136. The predicted molar refractivity (Wildman–Crippen MR) is 146 cm³/mol. The van der Waals surface area contributed by atoms with Crippen molar-refractivity contribution in [3.63, 3.8) is 0 Å². The summed E-state index contributed by atoms with van der Waals surface area (Å²) in [5.74, 6) is 0.508. The third-order valence-corrected chi connectivity index (χ3v) is 7.64. The molecular formula is C29H28N8O2. The van der Waals surface area contributed by atoms with Crippen LogP contribution in [0.25, 0.3) is 22.2 Å². The molecule has 10 nitrogen and oxygen atoms in total. The van der Waals surface area contributed by atoms with Crippen molar-refractivity contribution >= 4 is 22.6 Å². The highest BCUT2D eigenvalue weighted by Gasteiger charge is 2.49. The molecule has 1 aromatic carbocycles. The van der Waals surface area contributed by atoms with Gasteiger partial charge in [0.25, 0.3) is 0 Å². The Bertz CT molecular complexity index is 1600. The highest BCUT2D eigenvalue weighted by atomic mass is 16.5. The minimum atomic E-state index is -0.0478. The number of fused-ring (bicyclic) bond motifs is 1. The van der Waals surface area contributed by atoms with Crippen molar-refractivity contribution < 1.29 is 9.53 Å². The van der Waals surface area contributed by atoms with Gasteiger partial charge in [0.1, 0.15) is 11.6 Å².